The van der Waals surface area contributed by atoms with Crippen LogP contribution in [0, 0.1) is 5.92 Å². The maximum absolute atomic E-state index is 12.8. The van der Waals surface area contributed by atoms with Crippen LogP contribution in [-0.4, -0.2) is 44.3 Å². The molecule has 1 heterocycles. The average molecular weight is 373 g/mol. The van der Waals surface area contributed by atoms with E-state index in [2.05, 4.69) is 25.6 Å². The predicted molar refractivity (Wildman–Crippen MR) is 90.3 cm³/mol. The number of aliphatic hydroxyl groups is 1. The molecule has 0 fully saturated rings. The van der Waals surface area contributed by atoms with E-state index in [0.717, 1.165) is 6.92 Å². The Bertz CT molecular complexity index is 691. The second kappa shape index (κ2) is 7.98. The van der Waals surface area contributed by atoms with Gasteiger partial charge in [0.25, 0.3) is 0 Å². The Morgan fingerprint density at radius 1 is 1.23 bits per heavy atom. The van der Waals surface area contributed by atoms with Gasteiger partial charge in [-0.2, -0.15) is 28.1 Å². The highest BCUT2D eigenvalue weighted by Crippen LogP contribution is 2.27. The molecular weight excluding hydrogens is 351 g/mol. The molecule has 0 bridgehead atoms. The summed E-state index contributed by atoms with van der Waals surface area (Å²) >= 11 is 0. The number of nitrogens with zero attached hydrogens (tertiary/aromatic N) is 3. The van der Waals surface area contributed by atoms with Crippen LogP contribution >= 0.6 is 0 Å². The fraction of sp³-hybridized carbons (Fsp3) is 0.625. The third kappa shape index (κ3) is 5.38. The first-order valence-electron chi connectivity index (χ1n) is 8.35. The summed E-state index contributed by atoms with van der Waals surface area (Å²) in [6, 6.07) is -1.88. The van der Waals surface area contributed by atoms with Crippen molar-refractivity contribution in [3.05, 3.63) is 11.9 Å². The minimum absolute atomic E-state index is 0.133. The normalized spacial score (nSPS) is 19.1. The van der Waals surface area contributed by atoms with Gasteiger partial charge in [0, 0.05) is 5.92 Å². The average Bonchev–Trinajstić information content (AvgIpc) is 2.53. The van der Waals surface area contributed by atoms with Gasteiger partial charge in [-0.3, -0.25) is 10.1 Å². The summed E-state index contributed by atoms with van der Waals surface area (Å²) in [5.41, 5.74) is 0.605. The Labute approximate surface area is 149 Å². The zero-order chi connectivity index (χ0) is 19.5. The Balaban J connectivity index is 2.37. The summed E-state index contributed by atoms with van der Waals surface area (Å²) in [6.07, 6.45) is -1.68. The number of carbonyl (C=O) groups is 1. The molecule has 144 valence electrons. The van der Waals surface area contributed by atoms with Crippen molar-refractivity contribution in [3.8, 4) is 0 Å². The van der Waals surface area contributed by atoms with Crippen molar-refractivity contribution < 1.29 is 23.1 Å². The molecule has 2 rings (SSSR count). The molecule has 1 amide bonds. The Morgan fingerprint density at radius 3 is 2.46 bits per heavy atom. The van der Waals surface area contributed by atoms with Crippen LogP contribution in [0.1, 0.15) is 45.9 Å². The molecule has 3 N–H and O–H groups in total. The first kappa shape index (κ1) is 20.1. The van der Waals surface area contributed by atoms with Crippen LogP contribution in [0.25, 0.3) is 5.57 Å². The molecule has 26 heavy (non-hydrogen) atoms. The van der Waals surface area contributed by atoms with E-state index in [1.165, 1.54) is 0 Å². The number of rotatable bonds is 5. The fourth-order valence-electron chi connectivity index (χ4n) is 2.26. The molecule has 1 aliphatic rings. The molecule has 0 aromatic carbocycles. The van der Waals surface area contributed by atoms with Gasteiger partial charge in [0.05, 0.1) is 6.10 Å². The SMILES string of the molecule is CC(C)C(=O)Nc1nc(NC(C)C(F)(F)F)nc(C2=CC(O)CCC2)n1. The van der Waals surface area contributed by atoms with E-state index in [4.69, 9.17) is 0 Å². The van der Waals surface area contributed by atoms with Crippen LogP contribution in [0.3, 0.4) is 0 Å². The third-order valence-corrected chi connectivity index (χ3v) is 3.86. The minimum atomic E-state index is -4.48. The van der Waals surface area contributed by atoms with Gasteiger partial charge in [0.2, 0.25) is 17.8 Å². The number of alkyl halides is 3. The van der Waals surface area contributed by atoms with Gasteiger partial charge in [0.15, 0.2) is 5.82 Å². The van der Waals surface area contributed by atoms with Gasteiger partial charge in [-0.25, -0.2) is 0 Å². The molecule has 1 aliphatic carbocycles. The number of hydrogen-bond acceptors (Lipinski definition) is 6. The van der Waals surface area contributed by atoms with Crippen molar-refractivity contribution in [1.29, 1.82) is 0 Å². The predicted octanol–water partition coefficient (Wildman–Crippen LogP) is 2.76. The van der Waals surface area contributed by atoms with E-state index >= 15 is 0 Å². The highest BCUT2D eigenvalue weighted by Gasteiger charge is 2.36. The molecule has 0 saturated carbocycles. The largest absolute Gasteiger partial charge is 0.408 e. The van der Waals surface area contributed by atoms with Crippen LogP contribution in [0.15, 0.2) is 6.08 Å². The topological polar surface area (TPSA) is 100 Å². The van der Waals surface area contributed by atoms with Gasteiger partial charge < -0.3 is 10.4 Å². The summed E-state index contributed by atoms with van der Waals surface area (Å²) in [7, 11) is 0. The standard InChI is InChI=1S/C16H22F3N5O2/c1-8(2)13(26)23-15-22-12(10-5-4-6-11(25)7-10)21-14(24-15)20-9(3)16(17,18)19/h7-9,11,25H,4-6H2,1-3H3,(H2,20,21,22,23,24,26). The van der Waals surface area contributed by atoms with Crippen LogP contribution < -0.4 is 10.6 Å². The molecule has 0 radical (unpaired) electrons. The first-order valence-corrected chi connectivity index (χ1v) is 8.35. The number of halogens is 3. The molecule has 10 heteroatoms. The zero-order valence-corrected chi connectivity index (χ0v) is 14.8. The van der Waals surface area contributed by atoms with Crippen molar-refractivity contribution in [1.82, 2.24) is 15.0 Å². The van der Waals surface area contributed by atoms with Crippen LogP contribution in [0.2, 0.25) is 0 Å². The van der Waals surface area contributed by atoms with E-state index in [1.807, 2.05) is 0 Å². The van der Waals surface area contributed by atoms with Crippen LogP contribution in [0.5, 0.6) is 0 Å². The van der Waals surface area contributed by atoms with E-state index in [-0.39, 0.29) is 29.5 Å². The second-order valence-electron chi connectivity index (χ2n) is 6.51. The molecule has 2 unspecified atom stereocenters. The molecular formula is C16H22F3N5O2. The van der Waals surface area contributed by atoms with Gasteiger partial charge in [-0.05, 0) is 37.8 Å². The summed E-state index contributed by atoms with van der Waals surface area (Å²) in [6.45, 7) is 4.28. The molecule has 0 saturated heterocycles. The van der Waals surface area contributed by atoms with E-state index in [1.54, 1.807) is 19.9 Å². The molecule has 2 atom stereocenters. The lowest BCUT2D eigenvalue weighted by molar-refractivity contribution is -0.138. The highest BCUT2D eigenvalue weighted by atomic mass is 19.4. The maximum atomic E-state index is 12.8. The molecule has 0 aliphatic heterocycles. The van der Waals surface area contributed by atoms with Crippen molar-refractivity contribution in [3.63, 3.8) is 0 Å². The second-order valence-corrected chi connectivity index (χ2v) is 6.51. The maximum Gasteiger partial charge on any atom is 0.408 e. The van der Waals surface area contributed by atoms with Gasteiger partial charge >= 0.3 is 6.18 Å². The summed E-state index contributed by atoms with van der Waals surface area (Å²) in [5, 5.41) is 14.4. The minimum Gasteiger partial charge on any atom is -0.389 e. The monoisotopic (exact) mass is 373 g/mol. The van der Waals surface area contributed by atoms with Crippen LogP contribution in [0.4, 0.5) is 25.1 Å². The van der Waals surface area contributed by atoms with E-state index in [0.29, 0.717) is 24.8 Å². The Hall–Kier alpha value is -2.23. The Kier molecular flexibility index (Phi) is 6.17. The van der Waals surface area contributed by atoms with Crippen LogP contribution in [-0.2, 0) is 4.79 Å². The fourth-order valence-corrected chi connectivity index (χ4v) is 2.26. The van der Waals surface area contributed by atoms with E-state index in [9.17, 15) is 23.1 Å². The summed E-state index contributed by atoms with van der Waals surface area (Å²) in [4.78, 5) is 23.9. The first-order chi connectivity index (χ1) is 12.1. The Morgan fingerprint density at radius 2 is 1.88 bits per heavy atom. The lowest BCUT2D eigenvalue weighted by Crippen LogP contribution is -2.34. The third-order valence-electron chi connectivity index (χ3n) is 3.86. The number of amides is 1. The quantitative estimate of drug-likeness (QED) is 0.734. The number of aliphatic hydroxyl groups excluding tert-OH is 1. The summed E-state index contributed by atoms with van der Waals surface area (Å²) < 4.78 is 38.4. The number of nitrogens with one attached hydrogen (secondary N) is 2. The van der Waals surface area contributed by atoms with Crippen molar-refractivity contribution in [2.75, 3.05) is 10.6 Å². The number of hydrogen-bond donors (Lipinski definition) is 3. The molecule has 1 aromatic heterocycles. The van der Waals surface area contributed by atoms with Gasteiger partial charge in [0.1, 0.15) is 6.04 Å². The van der Waals surface area contributed by atoms with Gasteiger partial charge in [-0.1, -0.05) is 13.8 Å². The molecule has 0 spiro atoms. The number of aromatic nitrogens is 3. The van der Waals surface area contributed by atoms with Crippen molar-refractivity contribution >= 4 is 23.4 Å². The molecule has 7 nitrogen and oxygen atoms in total. The zero-order valence-electron chi connectivity index (χ0n) is 14.8. The lowest BCUT2D eigenvalue weighted by Gasteiger charge is -2.19. The smallest absolute Gasteiger partial charge is 0.389 e. The lowest BCUT2D eigenvalue weighted by atomic mass is 9.97. The summed E-state index contributed by atoms with van der Waals surface area (Å²) in [5.74, 6) is -1.01. The van der Waals surface area contributed by atoms with Crippen molar-refractivity contribution in [2.24, 2.45) is 5.92 Å². The van der Waals surface area contributed by atoms with E-state index < -0.39 is 18.3 Å². The number of carbonyl (C=O) groups excluding carboxylic acids is 1. The number of anilines is 2. The molecule has 1 aromatic rings. The highest BCUT2D eigenvalue weighted by molar-refractivity contribution is 5.90. The van der Waals surface area contributed by atoms with Gasteiger partial charge in [-0.15, -0.1) is 0 Å². The number of allylic oxidation sites excluding steroid dienone is 1. The van der Waals surface area contributed by atoms with Crippen molar-refractivity contribution in [2.45, 2.75) is 58.4 Å².